The van der Waals surface area contributed by atoms with Gasteiger partial charge < -0.3 is 4.90 Å². The number of rotatable bonds is 4. The number of hydrogen-bond acceptors (Lipinski definition) is 4. The van der Waals surface area contributed by atoms with Crippen molar-refractivity contribution >= 4 is 5.91 Å². The summed E-state index contributed by atoms with van der Waals surface area (Å²) < 4.78 is 1.97. The Morgan fingerprint density at radius 3 is 2.78 bits per heavy atom. The van der Waals surface area contributed by atoms with Crippen LogP contribution in [0.4, 0.5) is 0 Å². The molecule has 0 aromatic carbocycles. The maximum absolute atomic E-state index is 12.6. The number of aromatic nitrogens is 4. The molecule has 0 spiro atoms. The predicted molar refractivity (Wildman–Crippen MR) is 106 cm³/mol. The van der Waals surface area contributed by atoms with E-state index >= 15 is 0 Å². The highest BCUT2D eigenvalue weighted by Crippen LogP contribution is 2.26. The molecule has 2 aromatic rings. The van der Waals surface area contributed by atoms with Crippen LogP contribution in [0.1, 0.15) is 59.2 Å². The van der Waals surface area contributed by atoms with Crippen LogP contribution in [0.15, 0.2) is 24.7 Å². The van der Waals surface area contributed by atoms with Crippen LogP contribution in [0, 0.1) is 11.3 Å². The van der Waals surface area contributed by atoms with Gasteiger partial charge in [-0.3, -0.25) is 14.5 Å². The van der Waals surface area contributed by atoms with E-state index in [1.807, 2.05) is 42.6 Å². The second-order valence-corrected chi connectivity index (χ2v) is 8.86. The standard InChI is InChI=1S/C21H31N5O/c1-15(2)26-19(8-9-23-26)18-13-22-12-17(24-18)11-16-7-6-10-25(14-16)20(27)21(3,4)5/h8-9,12-13,15-16H,6-7,10-11,14H2,1-5H3/t16-/m1/s1. The van der Waals surface area contributed by atoms with Crippen molar-refractivity contribution in [1.82, 2.24) is 24.6 Å². The van der Waals surface area contributed by atoms with Gasteiger partial charge in [-0.1, -0.05) is 20.8 Å². The molecule has 1 fully saturated rings. The number of amides is 1. The number of piperidine rings is 1. The molecule has 1 aliphatic heterocycles. The molecule has 0 unspecified atom stereocenters. The zero-order chi connectivity index (χ0) is 19.6. The third-order valence-electron chi connectivity index (χ3n) is 5.05. The largest absolute Gasteiger partial charge is 0.342 e. The lowest BCUT2D eigenvalue weighted by molar-refractivity contribution is -0.141. The summed E-state index contributed by atoms with van der Waals surface area (Å²) in [4.78, 5) is 23.9. The van der Waals surface area contributed by atoms with Crippen LogP contribution < -0.4 is 0 Å². The highest BCUT2D eigenvalue weighted by molar-refractivity contribution is 5.81. The molecule has 6 nitrogen and oxygen atoms in total. The lowest BCUT2D eigenvalue weighted by Crippen LogP contribution is -2.45. The maximum Gasteiger partial charge on any atom is 0.227 e. The second kappa shape index (κ2) is 7.79. The minimum absolute atomic E-state index is 0.243. The highest BCUT2D eigenvalue weighted by atomic mass is 16.2. The number of hydrogen-bond donors (Lipinski definition) is 0. The van der Waals surface area contributed by atoms with Gasteiger partial charge in [0, 0.05) is 36.9 Å². The zero-order valence-electron chi connectivity index (χ0n) is 17.1. The summed E-state index contributed by atoms with van der Waals surface area (Å²) in [5, 5.41) is 4.39. The van der Waals surface area contributed by atoms with Gasteiger partial charge in [0.2, 0.25) is 5.91 Å². The molecule has 0 bridgehead atoms. The smallest absolute Gasteiger partial charge is 0.227 e. The molecule has 0 radical (unpaired) electrons. The average Bonchev–Trinajstić information content (AvgIpc) is 3.11. The summed E-state index contributed by atoms with van der Waals surface area (Å²) >= 11 is 0. The Bertz CT molecular complexity index is 790. The summed E-state index contributed by atoms with van der Waals surface area (Å²) in [6.07, 6.45) is 8.49. The van der Waals surface area contributed by atoms with E-state index in [0.717, 1.165) is 49.4 Å². The molecule has 27 heavy (non-hydrogen) atoms. The molecule has 2 aromatic heterocycles. The summed E-state index contributed by atoms with van der Waals surface area (Å²) in [7, 11) is 0. The molecular weight excluding hydrogens is 338 g/mol. The Labute approximate surface area is 162 Å². The minimum Gasteiger partial charge on any atom is -0.342 e. The highest BCUT2D eigenvalue weighted by Gasteiger charge is 2.31. The van der Waals surface area contributed by atoms with Crippen molar-refractivity contribution in [3.8, 4) is 11.4 Å². The van der Waals surface area contributed by atoms with Crippen LogP contribution in [0.2, 0.25) is 0 Å². The SMILES string of the molecule is CC(C)n1nccc1-c1cncc(C[C@H]2CCCN(C(=O)C(C)(C)C)C2)n1. The minimum atomic E-state index is -0.323. The Kier molecular flexibility index (Phi) is 5.63. The van der Waals surface area contributed by atoms with E-state index in [-0.39, 0.29) is 17.4 Å². The molecule has 1 atom stereocenters. The van der Waals surface area contributed by atoms with Gasteiger partial charge in [0.1, 0.15) is 5.69 Å². The number of carbonyl (C=O) groups is 1. The molecule has 1 aliphatic rings. The molecular formula is C21H31N5O. The van der Waals surface area contributed by atoms with Crippen LogP contribution in [0.25, 0.3) is 11.4 Å². The van der Waals surface area contributed by atoms with Crippen molar-refractivity contribution in [2.75, 3.05) is 13.1 Å². The normalized spacial score (nSPS) is 18.1. The van der Waals surface area contributed by atoms with Gasteiger partial charge in [-0.2, -0.15) is 5.10 Å². The van der Waals surface area contributed by atoms with Gasteiger partial charge in [0.25, 0.3) is 0 Å². The van der Waals surface area contributed by atoms with Crippen molar-refractivity contribution in [1.29, 1.82) is 0 Å². The fourth-order valence-electron chi connectivity index (χ4n) is 3.74. The summed E-state index contributed by atoms with van der Waals surface area (Å²) in [6, 6.07) is 2.26. The van der Waals surface area contributed by atoms with E-state index in [1.54, 1.807) is 12.4 Å². The van der Waals surface area contributed by atoms with Gasteiger partial charge in [-0.25, -0.2) is 4.98 Å². The lowest BCUT2D eigenvalue weighted by Gasteiger charge is -2.36. The zero-order valence-corrected chi connectivity index (χ0v) is 17.1. The average molecular weight is 370 g/mol. The second-order valence-electron chi connectivity index (χ2n) is 8.86. The monoisotopic (exact) mass is 369 g/mol. The quantitative estimate of drug-likeness (QED) is 0.823. The summed E-state index contributed by atoms with van der Waals surface area (Å²) in [6.45, 7) is 11.9. The summed E-state index contributed by atoms with van der Waals surface area (Å²) in [5.74, 6) is 0.678. The molecule has 0 saturated carbocycles. The number of nitrogens with zero attached hydrogens (tertiary/aromatic N) is 5. The van der Waals surface area contributed by atoms with Crippen LogP contribution in [0.3, 0.4) is 0 Å². The Balaban J connectivity index is 1.73. The molecule has 6 heteroatoms. The Morgan fingerprint density at radius 2 is 2.07 bits per heavy atom. The van der Waals surface area contributed by atoms with E-state index in [2.05, 4.69) is 23.9 Å². The van der Waals surface area contributed by atoms with E-state index in [1.165, 1.54) is 0 Å². The van der Waals surface area contributed by atoms with Crippen molar-refractivity contribution in [2.45, 2.75) is 59.9 Å². The summed E-state index contributed by atoms with van der Waals surface area (Å²) in [5.41, 5.74) is 2.51. The first kappa shape index (κ1) is 19.5. The fourth-order valence-corrected chi connectivity index (χ4v) is 3.74. The van der Waals surface area contributed by atoms with E-state index < -0.39 is 0 Å². The van der Waals surface area contributed by atoms with Crippen LogP contribution in [-0.4, -0.2) is 43.6 Å². The van der Waals surface area contributed by atoms with Gasteiger partial charge >= 0.3 is 0 Å². The van der Waals surface area contributed by atoms with Crippen LogP contribution >= 0.6 is 0 Å². The van der Waals surface area contributed by atoms with Gasteiger partial charge in [-0.05, 0) is 45.1 Å². The molecule has 3 rings (SSSR count). The third-order valence-corrected chi connectivity index (χ3v) is 5.05. The van der Waals surface area contributed by atoms with E-state index in [9.17, 15) is 4.79 Å². The Morgan fingerprint density at radius 1 is 1.30 bits per heavy atom. The molecule has 1 amide bonds. The maximum atomic E-state index is 12.6. The lowest BCUT2D eigenvalue weighted by atomic mass is 9.89. The molecule has 3 heterocycles. The van der Waals surface area contributed by atoms with Gasteiger partial charge in [-0.15, -0.1) is 0 Å². The van der Waals surface area contributed by atoms with Crippen molar-refractivity contribution < 1.29 is 4.79 Å². The number of carbonyl (C=O) groups excluding carboxylic acids is 1. The third kappa shape index (κ3) is 4.54. The van der Waals surface area contributed by atoms with Crippen molar-refractivity contribution in [3.05, 3.63) is 30.4 Å². The first-order valence-corrected chi connectivity index (χ1v) is 9.90. The topological polar surface area (TPSA) is 63.9 Å². The first-order chi connectivity index (χ1) is 12.8. The molecule has 1 saturated heterocycles. The molecule has 0 N–H and O–H groups in total. The first-order valence-electron chi connectivity index (χ1n) is 9.90. The van der Waals surface area contributed by atoms with Gasteiger partial charge in [0.05, 0.1) is 17.6 Å². The van der Waals surface area contributed by atoms with Gasteiger partial charge in [0.15, 0.2) is 0 Å². The van der Waals surface area contributed by atoms with Crippen molar-refractivity contribution in [2.24, 2.45) is 11.3 Å². The Hall–Kier alpha value is -2.24. The number of likely N-dealkylation sites (tertiary alicyclic amines) is 1. The van der Waals surface area contributed by atoms with Crippen molar-refractivity contribution in [3.63, 3.8) is 0 Å². The van der Waals surface area contributed by atoms with E-state index in [0.29, 0.717) is 5.92 Å². The molecule has 146 valence electrons. The predicted octanol–water partition coefficient (Wildman–Crippen LogP) is 3.75. The molecule has 0 aliphatic carbocycles. The van der Waals surface area contributed by atoms with E-state index in [4.69, 9.17) is 4.98 Å². The van der Waals surface area contributed by atoms with Crippen LogP contribution in [0.5, 0.6) is 0 Å². The van der Waals surface area contributed by atoms with Crippen LogP contribution in [-0.2, 0) is 11.2 Å². The fraction of sp³-hybridized carbons (Fsp3) is 0.619.